The van der Waals surface area contributed by atoms with Crippen LogP contribution in [0.25, 0.3) is 0 Å². The Morgan fingerprint density at radius 1 is 1.02 bits per heavy atom. The number of amides is 1. The van der Waals surface area contributed by atoms with Crippen molar-refractivity contribution >= 4 is 11.9 Å². The summed E-state index contributed by atoms with van der Waals surface area (Å²) >= 11 is 0. The lowest BCUT2D eigenvalue weighted by atomic mass is 9.75. The zero-order valence-corrected chi connectivity index (χ0v) is 27.9. The van der Waals surface area contributed by atoms with Crippen molar-refractivity contribution in [3.05, 3.63) is 64.7 Å². The van der Waals surface area contributed by atoms with Gasteiger partial charge in [0.2, 0.25) is 5.91 Å². The number of aliphatic hydroxyl groups is 2. The predicted octanol–water partition coefficient (Wildman–Crippen LogP) is 3.67. The largest absolute Gasteiger partial charge is 0.492 e. The van der Waals surface area contributed by atoms with Gasteiger partial charge in [-0.25, -0.2) is 13.6 Å². The van der Waals surface area contributed by atoms with Crippen LogP contribution in [0.5, 0.6) is 5.75 Å². The van der Waals surface area contributed by atoms with E-state index < -0.39 is 73.6 Å². The molecule has 1 aliphatic carbocycles. The van der Waals surface area contributed by atoms with Crippen LogP contribution >= 0.6 is 0 Å². The number of benzene rings is 2. The molecule has 2 aromatic rings. The number of aliphatic hydroxyl groups excluding tert-OH is 2. The molecule has 2 aliphatic rings. The Morgan fingerprint density at radius 2 is 1.74 bits per heavy atom. The first-order valence-electron chi connectivity index (χ1n) is 16.3. The van der Waals surface area contributed by atoms with E-state index in [1.54, 1.807) is 25.2 Å². The highest BCUT2D eigenvalue weighted by Crippen LogP contribution is 2.45. The number of piperidine rings is 1. The molecule has 1 unspecified atom stereocenters. The Balaban J connectivity index is 1.75. The highest BCUT2D eigenvalue weighted by Gasteiger charge is 2.54. The zero-order valence-electron chi connectivity index (χ0n) is 27.9. The van der Waals surface area contributed by atoms with Gasteiger partial charge in [0.05, 0.1) is 25.7 Å². The van der Waals surface area contributed by atoms with Gasteiger partial charge in [0.15, 0.2) is 11.6 Å². The summed E-state index contributed by atoms with van der Waals surface area (Å²) in [4.78, 5) is 32.8. The van der Waals surface area contributed by atoms with Crippen LogP contribution < -0.4 is 4.74 Å². The molecule has 0 radical (unpaired) electrons. The van der Waals surface area contributed by atoms with E-state index in [1.165, 1.54) is 6.07 Å². The second kappa shape index (κ2) is 17.7. The van der Waals surface area contributed by atoms with E-state index in [2.05, 4.69) is 4.84 Å². The van der Waals surface area contributed by atoms with Gasteiger partial charge < -0.3 is 38.9 Å². The molecule has 1 aliphatic heterocycles. The molecule has 1 saturated carbocycles. The van der Waals surface area contributed by atoms with Crippen molar-refractivity contribution in [3.63, 3.8) is 0 Å². The molecule has 4 rings (SSSR count). The lowest BCUT2D eigenvalue weighted by Gasteiger charge is -2.47. The molecule has 2 fully saturated rings. The van der Waals surface area contributed by atoms with Gasteiger partial charge in [0.1, 0.15) is 24.1 Å². The minimum Gasteiger partial charge on any atom is -0.491 e. The lowest BCUT2D eigenvalue weighted by Crippen LogP contribution is -2.58. The second-order valence-corrected chi connectivity index (χ2v) is 12.4. The molecule has 3 atom stereocenters. The van der Waals surface area contributed by atoms with Gasteiger partial charge in [0.25, 0.3) is 0 Å². The van der Waals surface area contributed by atoms with Crippen LogP contribution in [-0.2, 0) is 47.2 Å². The highest BCUT2D eigenvalue weighted by molar-refractivity contribution is 5.82. The molecule has 2 N–H and O–H groups in total. The van der Waals surface area contributed by atoms with Crippen molar-refractivity contribution in [3.8, 4) is 5.75 Å². The van der Waals surface area contributed by atoms with Crippen LogP contribution in [0.4, 0.5) is 22.0 Å². The first kappa shape index (κ1) is 39.4. The summed E-state index contributed by atoms with van der Waals surface area (Å²) < 4.78 is 90.7. The highest BCUT2D eigenvalue weighted by atomic mass is 19.4. The van der Waals surface area contributed by atoms with Crippen LogP contribution in [-0.4, -0.2) is 111 Å². The number of alkyl halides is 3. The number of hydrogen-bond donors (Lipinski definition) is 2. The Bertz CT molecular complexity index is 1420. The summed E-state index contributed by atoms with van der Waals surface area (Å²) in [5, 5.41) is 20.4. The van der Waals surface area contributed by atoms with Crippen LogP contribution in [0.15, 0.2) is 36.4 Å². The minimum absolute atomic E-state index is 0.0218. The third-order valence-electron chi connectivity index (χ3n) is 8.60. The van der Waals surface area contributed by atoms with Crippen molar-refractivity contribution in [2.24, 2.45) is 5.92 Å². The number of aryl methyl sites for hydroxylation is 1. The number of methoxy groups -OCH3 is 2. The summed E-state index contributed by atoms with van der Waals surface area (Å²) in [5.74, 6) is -6.48. The first-order chi connectivity index (χ1) is 23.8. The molecule has 1 heterocycles. The van der Waals surface area contributed by atoms with E-state index in [0.717, 1.165) is 17.7 Å². The molecule has 0 spiro atoms. The molecule has 1 saturated heterocycles. The number of ether oxygens (including phenoxy) is 4. The molecule has 16 heteroatoms. The summed E-state index contributed by atoms with van der Waals surface area (Å²) in [6.45, 7) is -1.12. The van der Waals surface area contributed by atoms with Gasteiger partial charge in [-0.1, -0.05) is 12.1 Å². The van der Waals surface area contributed by atoms with Gasteiger partial charge in [0, 0.05) is 46.5 Å². The average molecular weight is 719 g/mol. The van der Waals surface area contributed by atoms with E-state index in [9.17, 15) is 41.8 Å². The van der Waals surface area contributed by atoms with Gasteiger partial charge in [-0.3, -0.25) is 4.79 Å². The van der Waals surface area contributed by atoms with Crippen LogP contribution in [0.1, 0.15) is 42.4 Å². The summed E-state index contributed by atoms with van der Waals surface area (Å²) in [6.07, 6.45) is -4.49. The smallest absolute Gasteiger partial charge is 0.491 e. The second-order valence-electron chi connectivity index (χ2n) is 12.4. The van der Waals surface area contributed by atoms with Crippen molar-refractivity contribution < 1.29 is 65.5 Å². The maximum atomic E-state index is 14.8. The predicted molar refractivity (Wildman–Crippen MR) is 166 cm³/mol. The minimum atomic E-state index is -5.33. The van der Waals surface area contributed by atoms with Crippen molar-refractivity contribution in [1.29, 1.82) is 0 Å². The molecular formula is C34H43F5N2O9. The third kappa shape index (κ3) is 10.3. The van der Waals surface area contributed by atoms with E-state index in [-0.39, 0.29) is 31.2 Å². The summed E-state index contributed by atoms with van der Waals surface area (Å²) in [6, 6.07) is 8.14. The molecule has 0 bridgehead atoms. The molecular weight excluding hydrogens is 675 g/mol. The Hall–Kier alpha value is -3.41. The lowest BCUT2D eigenvalue weighted by molar-refractivity contribution is -0.258. The van der Waals surface area contributed by atoms with Crippen molar-refractivity contribution in [2.75, 3.05) is 60.3 Å². The molecule has 278 valence electrons. The Morgan fingerprint density at radius 3 is 2.38 bits per heavy atom. The number of carbonyl (C=O) groups excluding carboxylic acids is 2. The number of halogens is 5. The maximum absolute atomic E-state index is 14.8. The van der Waals surface area contributed by atoms with Gasteiger partial charge in [-0.15, -0.1) is 5.06 Å². The standard InChI is InChI=1S/C34H43F5N2O9/c1-46-11-3-4-22-14-23(16-27(15-22)48-13-12-47-2)18-41(25-6-7-25)31(44)28-19-40(50-32(45)34(37,38)39)10-9-33(28,49-21-26(43)20-42)24-5-8-29(35)30(36)17-24/h5,8,14-17,25-26,28,42-43H,3-4,6-7,9-13,18-21H2,1-2H3/t26?,28-,33+/m1/s1. The maximum Gasteiger partial charge on any atom is 0.492 e. The van der Waals surface area contributed by atoms with Crippen molar-refractivity contribution in [1.82, 2.24) is 9.96 Å². The van der Waals surface area contributed by atoms with Crippen LogP contribution in [0.3, 0.4) is 0 Å². The van der Waals surface area contributed by atoms with E-state index in [0.29, 0.717) is 55.3 Å². The first-order valence-corrected chi connectivity index (χ1v) is 16.3. The van der Waals surface area contributed by atoms with Gasteiger partial charge in [-0.05, 0) is 73.1 Å². The third-order valence-corrected chi connectivity index (χ3v) is 8.60. The fourth-order valence-corrected chi connectivity index (χ4v) is 5.98. The zero-order chi connectivity index (χ0) is 36.5. The van der Waals surface area contributed by atoms with E-state index >= 15 is 0 Å². The van der Waals surface area contributed by atoms with E-state index in [4.69, 9.17) is 18.9 Å². The number of nitrogens with zero attached hydrogens (tertiary/aromatic N) is 2. The number of hydroxylamine groups is 2. The van der Waals surface area contributed by atoms with E-state index in [1.807, 2.05) is 12.1 Å². The average Bonchev–Trinajstić information content (AvgIpc) is 3.93. The number of carbonyl (C=O) groups is 2. The number of rotatable bonds is 18. The SMILES string of the molecule is COCCCc1cc(CN(C(=O)[C@H]2CN(OC(=O)C(F)(F)F)CC[C@]2(OCC(O)CO)c2ccc(F)c(F)c2)C2CC2)cc(OCCOC)c1. The summed E-state index contributed by atoms with van der Waals surface area (Å²) in [5.41, 5.74) is -0.257. The fraction of sp³-hybridized carbons (Fsp3) is 0.588. The topological polar surface area (TPSA) is 127 Å². The van der Waals surface area contributed by atoms with Gasteiger partial charge >= 0.3 is 12.1 Å². The summed E-state index contributed by atoms with van der Waals surface area (Å²) in [7, 11) is 3.14. The van der Waals surface area contributed by atoms with Gasteiger partial charge in [-0.2, -0.15) is 13.2 Å². The van der Waals surface area contributed by atoms with Crippen LogP contribution in [0.2, 0.25) is 0 Å². The van der Waals surface area contributed by atoms with Crippen LogP contribution in [0, 0.1) is 17.6 Å². The molecule has 2 aromatic carbocycles. The normalized spacial score (nSPS) is 20.4. The fourth-order valence-electron chi connectivity index (χ4n) is 5.98. The molecule has 11 nitrogen and oxygen atoms in total. The molecule has 0 aromatic heterocycles. The van der Waals surface area contributed by atoms with Crippen molar-refractivity contribution in [2.45, 2.75) is 62.6 Å². The monoisotopic (exact) mass is 718 g/mol. The molecule has 1 amide bonds. The quantitative estimate of drug-likeness (QED) is 0.174. The number of hydrogen-bond acceptors (Lipinski definition) is 10. The Kier molecular flexibility index (Phi) is 13.9. The Labute approximate surface area is 286 Å². The molecule has 50 heavy (non-hydrogen) atoms.